The zero-order valence-electron chi connectivity index (χ0n) is 5.95. The van der Waals surface area contributed by atoms with Gasteiger partial charge < -0.3 is 0 Å². The van der Waals surface area contributed by atoms with Crippen LogP contribution in [0.5, 0.6) is 0 Å². The van der Waals surface area contributed by atoms with Crippen molar-refractivity contribution in [2.45, 2.75) is 6.92 Å². The van der Waals surface area contributed by atoms with E-state index in [4.69, 9.17) is 11.6 Å². The van der Waals surface area contributed by atoms with Crippen molar-refractivity contribution in [3.8, 4) is 0 Å². The van der Waals surface area contributed by atoms with Crippen molar-refractivity contribution in [2.75, 3.05) is 5.43 Å². The lowest BCUT2D eigenvalue weighted by molar-refractivity contribution is 1.02. The Morgan fingerprint density at radius 3 is 2.91 bits per heavy atom. The lowest BCUT2D eigenvalue weighted by Crippen LogP contribution is -1.93. The number of hydrogen-bond acceptors (Lipinski definition) is 4. The second-order valence-corrected chi connectivity index (χ2v) is 2.13. The van der Waals surface area contributed by atoms with Crippen molar-refractivity contribution in [1.82, 2.24) is 10.2 Å². The molecule has 1 rings (SSSR count). The quantitative estimate of drug-likeness (QED) is 0.541. The van der Waals surface area contributed by atoms with Crippen LogP contribution in [0, 0.1) is 0 Å². The van der Waals surface area contributed by atoms with Crippen LogP contribution in [0.15, 0.2) is 17.2 Å². The first-order valence-electron chi connectivity index (χ1n) is 3.06. The predicted molar refractivity (Wildman–Crippen MR) is 44.8 cm³/mol. The van der Waals surface area contributed by atoms with Crippen LogP contribution >= 0.6 is 11.6 Å². The number of rotatable bonds is 2. The van der Waals surface area contributed by atoms with Crippen LogP contribution in [0.2, 0.25) is 5.15 Å². The summed E-state index contributed by atoms with van der Waals surface area (Å²) in [7, 11) is 0. The third-order valence-electron chi connectivity index (χ3n) is 0.940. The largest absolute Gasteiger partial charge is 0.260 e. The fourth-order valence-corrected chi connectivity index (χ4v) is 0.607. The SMILES string of the molecule is C/C=N/Nc1ccc(Cl)nn1. The van der Waals surface area contributed by atoms with E-state index in [-0.39, 0.29) is 0 Å². The van der Waals surface area contributed by atoms with Gasteiger partial charge in [0, 0.05) is 6.21 Å². The summed E-state index contributed by atoms with van der Waals surface area (Å²) in [6.45, 7) is 1.80. The van der Waals surface area contributed by atoms with Crippen LogP contribution in [0.1, 0.15) is 6.92 Å². The van der Waals surface area contributed by atoms with E-state index in [1.807, 2.05) is 0 Å². The summed E-state index contributed by atoms with van der Waals surface area (Å²) in [5.41, 5.74) is 2.66. The van der Waals surface area contributed by atoms with Gasteiger partial charge in [0.25, 0.3) is 0 Å². The second kappa shape index (κ2) is 3.88. The third-order valence-corrected chi connectivity index (χ3v) is 1.14. The van der Waals surface area contributed by atoms with Crippen LogP contribution in [0.3, 0.4) is 0 Å². The Morgan fingerprint density at radius 1 is 1.55 bits per heavy atom. The average molecular weight is 171 g/mol. The molecule has 0 aliphatic heterocycles. The summed E-state index contributed by atoms with van der Waals surface area (Å²) in [4.78, 5) is 0. The number of nitrogens with one attached hydrogen (secondary N) is 1. The molecule has 1 aromatic rings. The van der Waals surface area contributed by atoms with Crippen molar-refractivity contribution in [3.63, 3.8) is 0 Å². The van der Waals surface area contributed by atoms with Crippen LogP contribution in [-0.4, -0.2) is 16.4 Å². The van der Waals surface area contributed by atoms with E-state index in [1.165, 1.54) is 0 Å². The summed E-state index contributed by atoms with van der Waals surface area (Å²) in [6.07, 6.45) is 1.62. The molecule has 0 unspecified atom stereocenters. The average Bonchev–Trinajstić information content (AvgIpc) is 2.04. The topological polar surface area (TPSA) is 50.2 Å². The van der Waals surface area contributed by atoms with Crippen molar-refractivity contribution in [2.24, 2.45) is 5.10 Å². The highest BCUT2D eigenvalue weighted by Gasteiger charge is 1.90. The normalized spacial score (nSPS) is 10.4. The molecular weight excluding hydrogens is 164 g/mol. The first-order valence-corrected chi connectivity index (χ1v) is 3.43. The highest BCUT2D eigenvalue weighted by Crippen LogP contribution is 2.05. The Kier molecular flexibility index (Phi) is 2.80. The summed E-state index contributed by atoms with van der Waals surface area (Å²) >= 11 is 5.51. The molecule has 1 N–H and O–H groups in total. The highest BCUT2D eigenvalue weighted by atomic mass is 35.5. The molecule has 0 aromatic carbocycles. The van der Waals surface area contributed by atoms with Gasteiger partial charge in [0.15, 0.2) is 11.0 Å². The maximum Gasteiger partial charge on any atom is 0.168 e. The molecule has 5 heteroatoms. The van der Waals surface area contributed by atoms with Gasteiger partial charge in [-0.1, -0.05) is 11.6 Å². The molecule has 0 atom stereocenters. The van der Waals surface area contributed by atoms with E-state index in [1.54, 1.807) is 25.3 Å². The maximum atomic E-state index is 5.51. The van der Waals surface area contributed by atoms with Gasteiger partial charge in [0.05, 0.1) is 0 Å². The van der Waals surface area contributed by atoms with E-state index in [2.05, 4.69) is 20.7 Å². The van der Waals surface area contributed by atoms with E-state index >= 15 is 0 Å². The molecule has 0 radical (unpaired) electrons. The number of hydrazone groups is 1. The van der Waals surface area contributed by atoms with Gasteiger partial charge >= 0.3 is 0 Å². The number of halogens is 1. The van der Waals surface area contributed by atoms with Crippen LogP contribution in [0.25, 0.3) is 0 Å². The minimum atomic E-state index is 0.371. The Morgan fingerprint density at radius 2 is 2.36 bits per heavy atom. The van der Waals surface area contributed by atoms with E-state index in [9.17, 15) is 0 Å². The summed E-state index contributed by atoms with van der Waals surface area (Å²) in [5, 5.41) is 11.4. The van der Waals surface area contributed by atoms with Gasteiger partial charge in [-0.2, -0.15) is 5.10 Å². The van der Waals surface area contributed by atoms with Crippen LogP contribution in [0.4, 0.5) is 5.82 Å². The lowest BCUT2D eigenvalue weighted by atomic mass is 10.5. The summed E-state index contributed by atoms with van der Waals surface area (Å²) in [5.74, 6) is 0.576. The standard InChI is InChI=1S/C6H7ClN4/c1-2-8-10-6-4-3-5(7)9-11-6/h2-4H,1H3,(H,10,11)/b8-2+. The lowest BCUT2D eigenvalue weighted by Gasteiger charge is -1.95. The molecule has 0 saturated heterocycles. The fourth-order valence-electron chi connectivity index (χ4n) is 0.506. The first kappa shape index (κ1) is 7.94. The molecule has 4 nitrogen and oxygen atoms in total. The zero-order chi connectivity index (χ0) is 8.10. The van der Waals surface area contributed by atoms with Crippen molar-refractivity contribution in [3.05, 3.63) is 17.3 Å². The number of aromatic nitrogens is 2. The Bertz CT molecular complexity index is 243. The van der Waals surface area contributed by atoms with Crippen molar-refractivity contribution >= 4 is 23.6 Å². The molecule has 0 aliphatic carbocycles. The highest BCUT2D eigenvalue weighted by molar-refractivity contribution is 6.29. The van der Waals surface area contributed by atoms with Gasteiger partial charge in [0.1, 0.15) is 0 Å². The molecule has 1 heterocycles. The molecule has 0 spiro atoms. The minimum Gasteiger partial charge on any atom is -0.260 e. The molecule has 0 amide bonds. The van der Waals surface area contributed by atoms with Crippen molar-refractivity contribution < 1.29 is 0 Å². The monoisotopic (exact) mass is 170 g/mol. The van der Waals surface area contributed by atoms with Gasteiger partial charge in [0.2, 0.25) is 0 Å². The maximum absolute atomic E-state index is 5.51. The van der Waals surface area contributed by atoms with E-state index < -0.39 is 0 Å². The molecule has 0 saturated carbocycles. The number of anilines is 1. The molecule has 0 bridgehead atoms. The minimum absolute atomic E-state index is 0.371. The van der Waals surface area contributed by atoms with Gasteiger partial charge in [-0.3, -0.25) is 5.43 Å². The zero-order valence-corrected chi connectivity index (χ0v) is 6.71. The molecule has 0 fully saturated rings. The Labute approximate surface area is 69.3 Å². The van der Waals surface area contributed by atoms with Gasteiger partial charge in [-0.25, -0.2) is 0 Å². The Balaban J connectivity index is 2.66. The molecule has 58 valence electrons. The summed E-state index contributed by atoms with van der Waals surface area (Å²) in [6, 6.07) is 3.34. The smallest absolute Gasteiger partial charge is 0.168 e. The van der Waals surface area contributed by atoms with Crippen LogP contribution < -0.4 is 5.43 Å². The molecular formula is C6H7ClN4. The third kappa shape index (κ3) is 2.51. The summed E-state index contributed by atoms with van der Waals surface area (Å²) < 4.78 is 0. The van der Waals surface area contributed by atoms with E-state index in [0.717, 1.165) is 0 Å². The second-order valence-electron chi connectivity index (χ2n) is 1.74. The first-order chi connectivity index (χ1) is 5.33. The van der Waals surface area contributed by atoms with E-state index in [0.29, 0.717) is 11.0 Å². The molecule has 0 aliphatic rings. The van der Waals surface area contributed by atoms with Gasteiger partial charge in [-0.15, -0.1) is 10.2 Å². The predicted octanol–water partition coefficient (Wildman–Crippen LogP) is 1.55. The molecule has 1 aromatic heterocycles. The molecule has 11 heavy (non-hydrogen) atoms. The van der Waals surface area contributed by atoms with Crippen molar-refractivity contribution in [1.29, 1.82) is 0 Å². The Hall–Kier alpha value is -1.16. The number of nitrogens with zero attached hydrogens (tertiary/aromatic N) is 3. The fraction of sp³-hybridized carbons (Fsp3) is 0.167. The van der Waals surface area contributed by atoms with Crippen LogP contribution in [-0.2, 0) is 0 Å². The van der Waals surface area contributed by atoms with Gasteiger partial charge in [-0.05, 0) is 19.1 Å². The number of hydrogen-bond donors (Lipinski definition) is 1.